The Bertz CT molecular complexity index is 548. The van der Waals surface area contributed by atoms with Crippen molar-refractivity contribution in [2.75, 3.05) is 24.4 Å². The monoisotopic (exact) mass is 258 g/mol. The van der Waals surface area contributed by atoms with Crippen LogP contribution in [0, 0.1) is 0 Å². The molecular weight excluding hydrogens is 240 g/mol. The highest BCUT2D eigenvalue weighted by Gasteiger charge is 2.21. The van der Waals surface area contributed by atoms with Gasteiger partial charge in [0.2, 0.25) is 0 Å². The van der Waals surface area contributed by atoms with Crippen LogP contribution in [0.1, 0.15) is 12.8 Å². The van der Waals surface area contributed by atoms with Gasteiger partial charge in [0.25, 0.3) is 0 Å². The average molecular weight is 258 g/mol. The molecule has 0 fully saturated rings. The summed E-state index contributed by atoms with van der Waals surface area (Å²) in [5, 5.41) is 5.99. The van der Waals surface area contributed by atoms with Crippen LogP contribution in [0.2, 0.25) is 0 Å². The van der Waals surface area contributed by atoms with Gasteiger partial charge in [-0.25, -0.2) is 0 Å². The van der Waals surface area contributed by atoms with Gasteiger partial charge < -0.3 is 9.62 Å². The molecule has 0 bridgehead atoms. The average Bonchev–Trinajstić information content (AvgIpc) is 2.76. The van der Waals surface area contributed by atoms with E-state index in [4.69, 9.17) is 0 Å². The lowest BCUT2D eigenvalue weighted by Gasteiger charge is -2.17. The predicted octanol–water partition coefficient (Wildman–Crippen LogP) is 3.67. The highest BCUT2D eigenvalue weighted by atomic mass is 32.2. The maximum absolute atomic E-state index is 3.20. The zero-order chi connectivity index (χ0) is 12.4. The van der Waals surface area contributed by atoms with E-state index in [1.54, 1.807) is 0 Å². The maximum atomic E-state index is 3.20. The molecule has 0 atom stereocenters. The molecular formula is C15H18N2S. The largest absolute Gasteiger partial charge is 0.320 e. The number of hydrogen-bond donors (Lipinski definition) is 1. The number of hydrogen-bond acceptors (Lipinski definition) is 3. The summed E-state index contributed by atoms with van der Waals surface area (Å²) in [5.74, 6) is 0. The number of nitrogens with one attached hydrogen (secondary N) is 1. The Labute approximate surface area is 113 Å². The first-order valence-corrected chi connectivity index (χ1v) is 7.29. The molecule has 18 heavy (non-hydrogen) atoms. The van der Waals surface area contributed by atoms with Crippen LogP contribution < -0.4 is 9.62 Å². The first kappa shape index (κ1) is 11.9. The highest BCUT2D eigenvalue weighted by Crippen LogP contribution is 2.45. The quantitative estimate of drug-likeness (QED) is 0.651. The normalized spacial score (nSPS) is 13.5. The van der Waals surface area contributed by atoms with Crippen LogP contribution >= 0.6 is 11.9 Å². The van der Waals surface area contributed by atoms with Gasteiger partial charge in [0.15, 0.2) is 0 Å². The fourth-order valence-electron chi connectivity index (χ4n) is 2.46. The SMILES string of the molecule is CNCCCCN1Sc2cccc3cccc1c23. The molecule has 0 saturated carbocycles. The minimum absolute atomic E-state index is 1.11. The summed E-state index contributed by atoms with van der Waals surface area (Å²) in [6.07, 6.45) is 2.47. The fraction of sp³-hybridized carbons (Fsp3) is 0.333. The van der Waals surface area contributed by atoms with E-state index in [1.165, 1.54) is 34.2 Å². The molecule has 3 heteroatoms. The van der Waals surface area contributed by atoms with Crippen LogP contribution in [0.4, 0.5) is 5.69 Å². The van der Waals surface area contributed by atoms with Gasteiger partial charge in [0.05, 0.1) is 5.69 Å². The molecule has 2 aromatic carbocycles. The van der Waals surface area contributed by atoms with E-state index < -0.39 is 0 Å². The minimum atomic E-state index is 1.11. The second-order valence-corrected chi connectivity index (χ2v) is 5.70. The summed E-state index contributed by atoms with van der Waals surface area (Å²) in [7, 11) is 2.02. The molecule has 1 aliphatic rings. The van der Waals surface area contributed by atoms with Crippen molar-refractivity contribution in [1.29, 1.82) is 0 Å². The third-order valence-corrected chi connectivity index (χ3v) is 4.50. The Balaban J connectivity index is 1.80. The van der Waals surface area contributed by atoms with Gasteiger partial charge in [-0.2, -0.15) is 0 Å². The second-order valence-electron chi connectivity index (χ2n) is 4.64. The van der Waals surface area contributed by atoms with Crippen molar-refractivity contribution in [3.63, 3.8) is 0 Å². The van der Waals surface area contributed by atoms with Gasteiger partial charge in [-0.05, 0) is 55.9 Å². The van der Waals surface area contributed by atoms with Gasteiger partial charge in [-0.1, -0.05) is 24.3 Å². The van der Waals surface area contributed by atoms with E-state index in [2.05, 4.69) is 46.0 Å². The van der Waals surface area contributed by atoms with Crippen LogP contribution in [0.15, 0.2) is 41.3 Å². The number of unbranched alkanes of at least 4 members (excludes halogenated alkanes) is 1. The lowest BCUT2D eigenvalue weighted by molar-refractivity contribution is 0.686. The van der Waals surface area contributed by atoms with Crippen molar-refractivity contribution >= 4 is 28.4 Å². The van der Waals surface area contributed by atoms with E-state index in [0.717, 1.165) is 13.1 Å². The smallest absolute Gasteiger partial charge is 0.0563 e. The van der Waals surface area contributed by atoms with Gasteiger partial charge in [0.1, 0.15) is 0 Å². The van der Waals surface area contributed by atoms with Crippen molar-refractivity contribution in [2.24, 2.45) is 0 Å². The fourth-order valence-corrected chi connectivity index (χ4v) is 3.62. The molecule has 0 aliphatic carbocycles. The highest BCUT2D eigenvalue weighted by molar-refractivity contribution is 8.01. The zero-order valence-electron chi connectivity index (χ0n) is 10.6. The van der Waals surface area contributed by atoms with Crippen LogP contribution in [0.3, 0.4) is 0 Å². The molecule has 1 N–H and O–H groups in total. The van der Waals surface area contributed by atoms with Crippen LogP contribution in [-0.4, -0.2) is 20.1 Å². The van der Waals surface area contributed by atoms with E-state index in [9.17, 15) is 0 Å². The summed E-state index contributed by atoms with van der Waals surface area (Å²) >= 11 is 1.89. The van der Waals surface area contributed by atoms with Crippen LogP contribution in [-0.2, 0) is 0 Å². The number of nitrogens with zero attached hydrogens (tertiary/aromatic N) is 1. The molecule has 0 saturated heterocycles. The van der Waals surface area contributed by atoms with E-state index in [-0.39, 0.29) is 0 Å². The number of benzene rings is 2. The first-order chi connectivity index (χ1) is 8.90. The summed E-state index contributed by atoms with van der Waals surface area (Å²) in [6.45, 7) is 2.23. The lowest BCUT2D eigenvalue weighted by atomic mass is 10.1. The molecule has 2 aromatic rings. The first-order valence-electron chi connectivity index (χ1n) is 6.52. The Morgan fingerprint density at radius 1 is 1.11 bits per heavy atom. The molecule has 0 spiro atoms. The van der Waals surface area contributed by atoms with Crippen molar-refractivity contribution < 1.29 is 0 Å². The Hall–Kier alpha value is -1.19. The van der Waals surface area contributed by atoms with Gasteiger partial charge in [-0.3, -0.25) is 0 Å². The predicted molar refractivity (Wildman–Crippen MR) is 80.3 cm³/mol. The van der Waals surface area contributed by atoms with Crippen molar-refractivity contribution in [1.82, 2.24) is 5.32 Å². The Morgan fingerprint density at radius 2 is 1.94 bits per heavy atom. The summed E-state index contributed by atoms with van der Waals surface area (Å²) in [5.41, 5.74) is 1.39. The molecule has 0 aromatic heterocycles. The second kappa shape index (κ2) is 5.21. The molecule has 3 rings (SSSR count). The van der Waals surface area contributed by atoms with E-state index >= 15 is 0 Å². The Morgan fingerprint density at radius 3 is 2.78 bits per heavy atom. The molecule has 0 radical (unpaired) electrons. The number of anilines is 1. The van der Waals surface area contributed by atoms with E-state index in [1.807, 2.05) is 19.0 Å². The molecule has 94 valence electrons. The summed E-state index contributed by atoms with van der Waals surface area (Å²) in [4.78, 5) is 1.40. The molecule has 1 heterocycles. The van der Waals surface area contributed by atoms with E-state index in [0.29, 0.717) is 0 Å². The molecule has 0 amide bonds. The van der Waals surface area contributed by atoms with Gasteiger partial charge in [-0.15, -0.1) is 0 Å². The third kappa shape index (κ3) is 2.08. The van der Waals surface area contributed by atoms with Crippen molar-refractivity contribution in [3.05, 3.63) is 36.4 Å². The molecule has 0 unspecified atom stereocenters. The lowest BCUT2D eigenvalue weighted by Crippen LogP contribution is -2.15. The number of rotatable bonds is 5. The molecule has 1 aliphatic heterocycles. The van der Waals surface area contributed by atoms with Crippen LogP contribution in [0.25, 0.3) is 10.8 Å². The van der Waals surface area contributed by atoms with Crippen molar-refractivity contribution in [2.45, 2.75) is 17.7 Å². The molecule has 2 nitrogen and oxygen atoms in total. The topological polar surface area (TPSA) is 15.3 Å². The standard InChI is InChI=1S/C15H18N2S/c1-16-10-2-3-11-17-13-8-4-6-12-7-5-9-14(18-17)15(12)13/h4-9,16H,2-3,10-11H2,1H3. The minimum Gasteiger partial charge on any atom is -0.320 e. The summed E-state index contributed by atoms with van der Waals surface area (Å²) < 4.78 is 2.44. The van der Waals surface area contributed by atoms with Gasteiger partial charge in [0, 0.05) is 16.8 Å². The summed E-state index contributed by atoms with van der Waals surface area (Å²) in [6, 6.07) is 13.2. The van der Waals surface area contributed by atoms with Gasteiger partial charge >= 0.3 is 0 Å². The Kier molecular flexibility index (Phi) is 3.43. The zero-order valence-corrected chi connectivity index (χ0v) is 11.5. The van der Waals surface area contributed by atoms with Crippen molar-refractivity contribution in [3.8, 4) is 0 Å². The third-order valence-electron chi connectivity index (χ3n) is 3.36. The van der Waals surface area contributed by atoms with Crippen LogP contribution in [0.5, 0.6) is 0 Å². The maximum Gasteiger partial charge on any atom is 0.0563 e.